The second-order valence-corrected chi connectivity index (χ2v) is 7.11. The van der Waals surface area contributed by atoms with Crippen molar-refractivity contribution in [2.75, 3.05) is 11.9 Å². The van der Waals surface area contributed by atoms with Gasteiger partial charge in [0.05, 0.1) is 0 Å². The first-order valence-electron chi connectivity index (χ1n) is 4.60. The molecule has 0 aliphatic heterocycles. The van der Waals surface area contributed by atoms with Crippen LogP contribution in [-0.2, 0) is 14.7 Å². The Kier molecular flexibility index (Phi) is 4.34. The molecule has 0 saturated heterocycles. The molecular weight excluding hydrogens is 271 g/mol. The molecule has 1 heterocycles. The van der Waals surface area contributed by atoms with Crippen molar-refractivity contribution in [3.05, 3.63) is 18.3 Å². The fourth-order valence-corrected chi connectivity index (χ4v) is 3.53. The van der Waals surface area contributed by atoms with Gasteiger partial charge in [-0.05, 0) is 18.6 Å². The number of anilines is 1. The number of hydrogen-bond donors (Lipinski definition) is 5. The summed E-state index contributed by atoms with van der Waals surface area (Å²) in [5.41, 5.74) is 0. The molecule has 0 fully saturated rings. The van der Waals surface area contributed by atoms with Gasteiger partial charge in [-0.3, -0.25) is 9.12 Å². The fraction of sp³-hybridized carbons (Fsp3) is 0.429. The molecule has 1 atom stereocenters. The number of nitrogens with one attached hydrogen (secondary N) is 2. The molecule has 5 N–H and O–H groups in total. The van der Waals surface area contributed by atoms with Gasteiger partial charge < -0.3 is 20.1 Å². The van der Waals surface area contributed by atoms with Gasteiger partial charge in [0.2, 0.25) is 0 Å². The molecule has 98 valence electrons. The van der Waals surface area contributed by atoms with Crippen molar-refractivity contribution in [1.29, 1.82) is 0 Å². The van der Waals surface area contributed by atoms with E-state index in [1.807, 2.05) is 0 Å². The van der Waals surface area contributed by atoms with Gasteiger partial charge in [-0.25, -0.2) is 0 Å². The number of rotatable bonds is 6. The van der Waals surface area contributed by atoms with Crippen LogP contribution < -0.4 is 5.32 Å². The van der Waals surface area contributed by atoms with Crippen LogP contribution in [0.5, 0.6) is 0 Å². The van der Waals surface area contributed by atoms with Crippen LogP contribution in [-0.4, -0.2) is 39.3 Å². The summed E-state index contributed by atoms with van der Waals surface area (Å²) >= 11 is 0. The van der Waals surface area contributed by atoms with E-state index >= 15 is 0 Å². The lowest BCUT2D eigenvalue weighted by atomic mass is 10.4. The minimum atomic E-state index is -4.89. The minimum absolute atomic E-state index is 0.00389. The Morgan fingerprint density at radius 1 is 1.47 bits per heavy atom. The second kappa shape index (κ2) is 5.19. The van der Waals surface area contributed by atoms with Crippen LogP contribution in [0.4, 0.5) is 5.82 Å². The van der Waals surface area contributed by atoms with Gasteiger partial charge >= 0.3 is 7.60 Å². The highest BCUT2D eigenvalue weighted by atomic mass is 32.2. The number of hydrogen-bond acceptors (Lipinski definition) is 4. The van der Waals surface area contributed by atoms with E-state index < -0.39 is 29.1 Å². The van der Waals surface area contributed by atoms with Crippen LogP contribution >= 0.6 is 7.60 Å². The molecule has 1 aromatic rings. The van der Waals surface area contributed by atoms with E-state index in [-0.39, 0.29) is 6.54 Å². The SMILES string of the molecule is O=P(O)(O)C(CCNc1ccc[nH]1)S(=O)(=O)O. The quantitative estimate of drug-likeness (QED) is 0.371. The molecule has 1 unspecified atom stereocenters. The van der Waals surface area contributed by atoms with E-state index in [1.165, 1.54) is 0 Å². The van der Waals surface area contributed by atoms with E-state index in [0.29, 0.717) is 5.82 Å². The molecule has 0 saturated carbocycles. The predicted octanol–water partition coefficient (Wildman–Crippen LogP) is 0.208. The van der Waals surface area contributed by atoms with Crippen molar-refractivity contribution < 1.29 is 27.3 Å². The molecule has 10 heteroatoms. The molecule has 1 rings (SSSR count). The maximum absolute atomic E-state index is 10.9. The largest absolute Gasteiger partial charge is 0.372 e. The first-order chi connectivity index (χ1) is 7.71. The van der Waals surface area contributed by atoms with Crippen molar-refractivity contribution in [1.82, 2.24) is 4.98 Å². The van der Waals surface area contributed by atoms with Crippen molar-refractivity contribution in [3.8, 4) is 0 Å². The lowest BCUT2D eigenvalue weighted by molar-refractivity contribution is 0.362. The van der Waals surface area contributed by atoms with Crippen LogP contribution in [0.1, 0.15) is 6.42 Å². The molecule has 0 aliphatic rings. The molecule has 8 nitrogen and oxygen atoms in total. The number of H-pyrrole nitrogens is 1. The smallest absolute Gasteiger partial charge is 0.346 e. The van der Waals surface area contributed by atoms with Gasteiger partial charge in [0.1, 0.15) is 5.82 Å². The van der Waals surface area contributed by atoms with E-state index in [0.717, 1.165) is 0 Å². The molecular formula is C7H13N2O6PS. The number of aromatic nitrogens is 1. The minimum Gasteiger partial charge on any atom is -0.372 e. The third-order valence-corrected chi connectivity index (χ3v) is 5.58. The molecule has 0 radical (unpaired) electrons. The van der Waals surface area contributed by atoms with Crippen molar-refractivity contribution in [2.24, 2.45) is 0 Å². The summed E-state index contributed by atoms with van der Waals surface area (Å²) in [5.74, 6) is 0.588. The highest BCUT2D eigenvalue weighted by Crippen LogP contribution is 2.45. The fourth-order valence-electron chi connectivity index (χ4n) is 1.26. The summed E-state index contributed by atoms with van der Waals surface area (Å²) in [5, 5.41) is 2.72. The van der Waals surface area contributed by atoms with Crippen molar-refractivity contribution in [3.63, 3.8) is 0 Å². The maximum atomic E-state index is 10.9. The molecule has 0 spiro atoms. The zero-order valence-corrected chi connectivity index (χ0v) is 10.4. The number of aromatic amines is 1. The Bertz CT molecular complexity index is 492. The zero-order chi connectivity index (χ0) is 13.1. The third-order valence-electron chi connectivity index (χ3n) is 2.02. The van der Waals surface area contributed by atoms with E-state index in [1.54, 1.807) is 18.3 Å². The molecule has 0 aliphatic carbocycles. The standard InChI is InChI=1S/C7H13N2O6PS/c10-16(11,12)7(17(13,14)15)3-5-9-6-2-1-4-8-6/h1-2,4,7-9H,3,5H2,(H2,10,11,12)(H,13,14,15). The lowest BCUT2D eigenvalue weighted by Crippen LogP contribution is -2.23. The van der Waals surface area contributed by atoms with Crippen molar-refractivity contribution >= 4 is 23.5 Å². The normalized spacial score (nSPS) is 14.5. The maximum Gasteiger partial charge on any atom is 0.346 e. The topological polar surface area (TPSA) is 140 Å². The van der Waals surface area contributed by atoms with Crippen molar-refractivity contribution in [2.45, 2.75) is 11.4 Å². The second-order valence-electron chi connectivity index (χ2n) is 3.36. The van der Waals surface area contributed by atoms with Gasteiger partial charge in [0.15, 0.2) is 4.99 Å². The Labute approximate surface area is 98.0 Å². The summed E-state index contributed by atoms with van der Waals surface area (Å²) in [6.07, 6.45) is 1.23. The van der Waals surface area contributed by atoms with Crippen LogP contribution in [0.2, 0.25) is 0 Å². The highest BCUT2D eigenvalue weighted by molar-refractivity contribution is 7.93. The van der Waals surface area contributed by atoms with Gasteiger partial charge in [-0.15, -0.1) is 0 Å². The van der Waals surface area contributed by atoms with Crippen LogP contribution in [0.3, 0.4) is 0 Å². The Morgan fingerprint density at radius 2 is 2.12 bits per heavy atom. The van der Waals surface area contributed by atoms with Gasteiger partial charge in [-0.1, -0.05) is 0 Å². The van der Waals surface area contributed by atoms with E-state index in [4.69, 9.17) is 14.3 Å². The Balaban J connectivity index is 2.61. The van der Waals surface area contributed by atoms with Gasteiger partial charge in [0, 0.05) is 12.7 Å². The molecule has 1 aromatic heterocycles. The predicted molar refractivity (Wildman–Crippen MR) is 61.3 cm³/mol. The summed E-state index contributed by atoms with van der Waals surface area (Å²) in [7, 11) is -9.67. The summed E-state index contributed by atoms with van der Waals surface area (Å²) < 4.78 is 41.2. The highest BCUT2D eigenvalue weighted by Gasteiger charge is 2.39. The molecule has 0 amide bonds. The van der Waals surface area contributed by atoms with Crippen LogP contribution in [0.25, 0.3) is 0 Å². The average molecular weight is 284 g/mol. The third kappa shape index (κ3) is 4.49. The first kappa shape index (κ1) is 14.2. The van der Waals surface area contributed by atoms with Gasteiger partial charge in [-0.2, -0.15) is 8.42 Å². The lowest BCUT2D eigenvalue weighted by Gasteiger charge is -2.15. The Hall–Kier alpha value is -0.860. The van der Waals surface area contributed by atoms with Crippen LogP contribution in [0, 0.1) is 0 Å². The summed E-state index contributed by atoms with van der Waals surface area (Å²) in [6.45, 7) is -0.00389. The molecule has 17 heavy (non-hydrogen) atoms. The van der Waals surface area contributed by atoms with Crippen LogP contribution in [0.15, 0.2) is 18.3 Å². The monoisotopic (exact) mass is 284 g/mol. The van der Waals surface area contributed by atoms with Gasteiger partial charge in [0.25, 0.3) is 10.1 Å². The zero-order valence-electron chi connectivity index (χ0n) is 8.65. The molecule has 0 bridgehead atoms. The summed E-state index contributed by atoms with van der Waals surface area (Å²) in [4.78, 5) is 18.3. The Morgan fingerprint density at radius 3 is 2.53 bits per heavy atom. The van der Waals surface area contributed by atoms with E-state index in [2.05, 4.69) is 10.3 Å². The van der Waals surface area contributed by atoms with E-state index in [9.17, 15) is 13.0 Å². The first-order valence-corrected chi connectivity index (χ1v) is 7.78. The molecule has 0 aromatic carbocycles. The average Bonchev–Trinajstić information content (AvgIpc) is 2.60. The summed E-state index contributed by atoms with van der Waals surface area (Å²) in [6, 6.07) is 3.37.